The molecule has 0 saturated heterocycles. The summed E-state index contributed by atoms with van der Waals surface area (Å²) < 4.78 is 17.3. The van der Waals surface area contributed by atoms with Crippen LogP contribution < -0.4 is 0 Å². The monoisotopic (exact) mass is 550 g/mol. The Hall–Kier alpha value is -1.85. The van der Waals surface area contributed by atoms with Crippen LogP contribution >= 0.6 is 0 Å². The number of carbonyl (C=O) groups is 3. The molecule has 6 atom stereocenters. The molecule has 1 fully saturated rings. The van der Waals surface area contributed by atoms with Crippen LogP contribution in [0.1, 0.15) is 131 Å². The van der Waals surface area contributed by atoms with Crippen molar-refractivity contribution in [3.63, 3.8) is 0 Å². The highest BCUT2D eigenvalue weighted by Gasteiger charge is 2.55. The van der Waals surface area contributed by atoms with E-state index in [1.54, 1.807) is 0 Å². The fourth-order valence-electron chi connectivity index (χ4n) is 5.98. The first-order valence-electron chi connectivity index (χ1n) is 15.9. The van der Waals surface area contributed by atoms with Crippen molar-refractivity contribution >= 4 is 17.9 Å². The number of hydrogen-bond donors (Lipinski definition) is 0. The summed E-state index contributed by atoms with van der Waals surface area (Å²) >= 11 is 0. The number of ether oxygens (including phenoxy) is 3. The summed E-state index contributed by atoms with van der Waals surface area (Å²) in [5, 5.41) is 0. The minimum atomic E-state index is -1.66. The summed E-state index contributed by atoms with van der Waals surface area (Å²) in [6, 6.07) is 0. The number of hydrogen-bond acceptors (Lipinski definition) is 6. The summed E-state index contributed by atoms with van der Waals surface area (Å²) in [5.74, 6) is -1.09. The molecule has 0 heterocycles. The second-order valence-electron chi connectivity index (χ2n) is 12.1. The molecule has 1 rings (SSSR count). The quantitative estimate of drug-likeness (QED) is 0.0863. The first kappa shape index (κ1) is 35.2. The van der Waals surface area contributed by atoms with E-state index in [0.29, 0.717) is 31.3 Å². The van der Waals surface area contributed by atoms with Gasteiger partial charge in [0.05, 0.1) is 13.2 Å². The summed E-state index contributed by atoms with van der Waals surface area (Å²) in [6.07, 6.45) is 14.5. The number of carbonyl (C=O) groups excluding carboxylic acids is 3. The highest BCUT2D eigenvalue weighted by Crippen LogP contribution is 2.40. The lowest BCUT2D eigenvalue weighted by Gasteiger charge is -2.39. The molecule has 226 valence electrons. The Labute approximate surface area is 239 Å². The molecule has 0 amide bonds. The van der Waals surface area contributed by atoms with Gasteiger partial charge in [-0.15, -0.1) is 0 Å². The van der Waals surface area contributed by atoms with E-state index in [4.69, 9.17) is 14.2 Å². The topological polar surface area (TPSA) is 78.9 Å². The normalized spacial score (nSPS) is 22.3. The van der Waals surface area contributed by atoms with Gasteiger partial charge in [-0.05, 0) is 55.8 Å². The maximum atomic E-state index is 13.6. The second kappa shape index (κ2) is 19.3. The van der Waals surface area contributed by atoms with Crippen LogP contribution in [0, 0.1) is 29.6 Å². The molecule has 0 bridgehead atoms. The van der Waals surface area contributed by atoms with E-state index in [0.717, 1.165) is 38.2 Å². The molecule has 0 radical (unpaired) electrons. The van der Waals surface area contributed by atoms with E-state index < -0.39 is 29.4 Å². The zero-order valence-electron chi connectivity index (χ0n) is 25.9. The van der Waals surface area contributed by atoms with Crippen molar-refractivity contribution in [2.24, 2.45) is 29.6 Å². The predicted octanol–water partition coefficient (Wildman–Crippen LogP) is 8.22. The maximum absolute atomic E-state index is 13.6. The summed E-state index contributed by atoms with van der Waals surface area (Å²) in [7, 11) is 0. The van der Waals surface area contributed by atoms with Gasteiger partial charge in [-0.25, -0.2) is 9.59 Å². The molecule has 6 nitrogen and oxygen atoms in total. The van der Waals surface area contributed by atoms with Gasteiger partial charge in [0.15, 0.2) is 0 Å². The Balaban J connectivity index is 2.92. The van der Waals surface area contributed by atoms with Gasteiger partial charge in [0.1, 0.15) is 5.92 Å². The van der Waals surface area contributed by atoms with Crippen molar-refractivity contribution in [1.82, 2.24) is 0 Å². The Morgan fingerprint density at radius 2 is 1.41 bits per heavy atom. The molecule has 0 aromatic carbocycles. The largest absolute Gasteiger partial charge is 0.465 e. The Morgan fingerprint density at radius 1 is 0.872 bits per heavy atom. The molecule has 0 aromatic rings. The van der Waals surface area contributed by atoms with Crippen molar-refractivity contribution in [3.05, 3.63) is 12.7 Å². The van der Waals surface area contributed by atoms with Gasteiger partial charge in [0, 0.05) is 6.08 Å². The van der Waals surface area contributed by atoms with Crippen LogP contribution in [0.3, 0.4) is 0 Å². The van der Waals surface area contributed by atoms with Crippen LogP contribution in [0.15, 0.2) is 12.7 Å². The Morgan fingerprint density at radius 3 is 1.90 bits per heavy atom. The molecule has 6 heteroatoms. The summed E-state index contributed by atoms with van der Waals surface area (Å²) in [6.45, 7) is 17.0. The third-order valence-corrected chi connectivity index (χ3v) is 8.50. The average molecular weight is 551 g/mol. The third kappa shape index (κ3) is 12.0. The van der Waals surface area contributed by atoms with Gasteiger partial charge in [0.25, 0.3) is 0 Å². The first-order valence-corrected chi connectivity index (χ1v) is 15.9. The molecule has 6 unspecified atom stereocenters. The molecule has 1 aliphatic rings. The second-order valence-corrected chi connectivity index (χ2v) is 12.1. The lowest BCUT2D eigenvalue weighted by Crippen LogP contribution is -2.55. The predicted molar refractivity (Wildman–Crippen MR) is 157 cm³/mol. The van der Waals surface area contributed by atoms with Crippen molar-refractivity contribution in [3.8, 4) is 0 Å². The lowest BCUT2D eigenvalue weighted by molar-refractivity contribution is -0.199. The van der Waals surface area contributed by atoms with Gasteiger partial charge >= 0.3 is 17.9 Å². The molecule has 1 saturated carbocycles. The highest BCUT2D eigenvalue weighted by atomic mass is 16.6. The van der Waals surface area contributed by atoms with E-state index in [9.17, 15) is 14.4 Å². The number of rotatable bonds is 20. The minimum Gasteiger partial charge on any atom is -0.465 e. The van der Waals surface area contributed by atoms with Crippen LogP contribution in [0.4, 0.5) is 0 Å². The Bertz CT molecular complexity index is 734. The zero-order chi connectivity index (χ0) is 29.3. The van der Waals surface area contributed by atoms with Gasteiger partial charge in [-0.1, -0.05) is 106 Å². The maximum Gasteiger partial charge on any atom is 0.351 e. The van der Waals surface area contributed by atoms with E-state index in [1.807, 2.05) is 0 Å². The van der Waals surface area contributed by atoms with Crippen molar-refractivity contribution in [1.29, 1.82) is 0 Å². The third-order valence-electron chi connectivity index (χ3n) is 8.50. The van der Waals surface area contributed by atoms with Crippen LogP contribution in [0.25, 0.3) is 0 Å². The average Bonchev–Trinajstić information content (AvgIpc) is 2.94. The van der Waals surface area contributed by atoms with Crippen molar-refractivity contribution in [2.45, 2.75) is 137 Å². The smallest absolute Gasteiger partial charge is 0.351 e. The molecule has 0 N–H and O–H groups in total. The standard InChI is InChI=1S/C33H58O6/c1-8-13-17-27(10-3)21-25(6)23-37-31(35)29-19-15-16-20-33(29,39-30(34)12-5)32(36)38-24-26(7)22-28(11-4)18-14-9-2/h12,25-29H,5,8-11,13-24H2,1-4,6-7H3. The number of unbranched alkanes of at least 4 members (excludes halogenated alkanes) is 2. The van der Waals surface area contributed by atoms with Crippen LogP contribution in [-0.2, 0) is 28.6 Å². The number of esters is 3. The van der Waals surface area contributed by atoms with E-state index in [-0.39, 0.29) is 24.9 Å². The van der Waals surface area contributed by atoms with Gasteiger partial charge in [0.2, 0.25) is 5.60 Å². The Kier molecular flexibility index (Phi) is 17.4. The fourth-order valence-corrected chi connectivity index (χ4v) is 5.98. The van der Waals surface area contributed by atoms with Gasteiger partial charge < -0.3 is 14.2 Å². The van der Waals surface area contributed by atoms with Crippen molar-refractivity contribution in [2.75, 3.05) is 13.2 Å². The SMILES string of the molecule is C=CC(=O)OC1(C(=O)OCC(C)CC(CC)CCCC)CCCCC1C(=O)OCC(C)CC(CC)CCCC. The highest BCUT2D eigenvalue weighted by molar-refractivity contribution is 5.92. The molecular formula is C33H58O6. The van der Waals surface area contributed by atoms with E-state index >= 15 is 0 Å². The van der Waals surface area contributed by atoms with Crippen molar-refractivity contribution < 1.29 is 28.6 Å². The molecule has 0 aliphatic heterocycles. The minimum absolute atomic E-state index is 0.178. The molecule has 0 aromatic heterocycles. The zero-order valence-corrected chi connectivity index (χ0v) is 25.9. The van der Waals surface area contributed by atoms with Crippen LogP contribution in [-0.4, -0.2) is 36.7 Å². The van der Waals surface area contributed by atoms with Gasteiger partial charge in [-0.3, -0.25) is 4.79 Å². The summed E-state index contributed by atoms with van der Waals surface area (Å²) in [4.78, 5) is 39.4. The first-order chi connectivity index (χ1) is 18.7. The van der Waals surface area contributed by atoms with Crippen LogP contribution in [0.2, 0.25) is 0 Å². The van der Waals surface area contributed by atoms with E-state index in [2.05, 4.69) is 48.1 Å². The molecule has 39 heavy (non-hydrogen) atoms. The fraction of sp³-hybridized carbons (Fsp3) is 0.848. The van der Waals surface area contributed by atoms with E-state index in [1.165, 1.54) is 38.5 Å². The van der Waals surface area contributed by atoms with Crippen LogP contribution in [0.5, 0.6) is 0 Å². The summed E-state index contributed by atoms with van der Waals surface area (Å²) in [5.41, 5.74) is -1.66. The molecule has 0 spiro atoms. The lowest BCUT2D eigenvalue weighted by atomic mass is 9.75. The molecule has 1 aliphatic carbocycles. The molecular weight excluding hydrogens is 492 g/mol. The van der Waals surface area contributed by atoms with Gasteiger partial charge in [-0.2, -0.15) is 0 Å².